The SMILES string of the molecule is CC.Nc1ncccc1-c1nc2cc(C3=CC=CCC3)cnc2n1-c1ccc(CO)cc1. The van der Waals surface area contributed by atoms with Gasteiger partial charge in [-0.1, -0.05) is 44.2 Å². The Bertz CT molecular complexity index is 1290. The lowest BCUT2D eigenvalue weighted by Crippen LogP contribution is -2.02. The van der Waals surface area contributed by atoms with E-state index in [0.717, 1.165) is 46.4 Å². The molecule has 0 radical (unpaired) electrons. The first-order valence-corrected chi connectivity index (χ1v) is 10.9. The van der Waals surface area contributed by atoms with E-state index in [4.69, 9.17) is 15.7 Å². The standard InChI is InChI=1S/C24H21N5O.C2H6/c25-22-20(7-4-12-26-22)23-28-21-13-18(17-5-2-1-3-6-17)14-27-24(21)29(23)19-10-8-16(15-30)9-11-19;1-2/h1-2,4-5,7-14,30H,3,6,15H2,(H2,25,26);1-2H3. The number of aliphatic hydroxyl groups excluding tert-OH is 1. The second-order valence-electron chi connectivity index (χ2n) is 7.26. The van der Waals surface area contributed by atoms with Crippen LogP contribution >= 0.6 is 0 Å². The average molecular weight is 426 g/mol. The molecule has 0 saturated carbocycles. The van der Waals surface area contributed by atoms with E-state index in [9.17, 15) is 5.11 Å². The van der Waals surface area contributed by atoms with Crippen molar-refractivity contribution in [2.24, 2.45) is 0 Å². The van der Waals surface area contributed by atoms with E-state index in [-0.39, 0.29) is 6.61 Å². The van der Waals surface area contributed by atoms with Crippen LogP contribution in [0.2, 0.25) is 0 Å². The first kappa shape index (κ1) is 21.5. The van der Waals surface area contributed by atoms with E-state index in [1.165, 1.54) is 5.57 Å². The van der Waals surface area contributed by atoms with Crippen molar-refractivity contribution in [3.63, 3.8) is 0 Å². The summed E-state index contributed by atoms with van der Waals surface area (Å²) in [6, 6.07) is 13.5. The Morgan fingerprint density at radius 3 is 2.59 bits per heavy atom. The topological polar surface area (TPSA) is 89.9 Å². The average Bonchev–Trinajstić information content (AvgIpc) is 3.24. The van der Waals surface area contributed by atoms with Crippen LogP contribution in [0.5, 0.6) is 0 Å². The Labute approximate surface area is 187 Å². The van der Waals surface area contributed by atoms with Crippen LogP contribution in [0.25, 0.3) is 33.8 Å². The molecule has 0 fully saturated rings. The highest BCUT2D eigenvalue weighted by molar-refractivity contribution is 5.85. The van der Waals surface area contributed by atoms with Gasteiger partial charge in [0.1, 0.15) is 11.3 Å². The summed E-state index contributed by atoms with van der Waals surface area (Å²) in [4.78, 5) is 13.9. The van der Waals surface area contributed by atoms with Crippen molar-refractivity contribution >= 4 is 22.6 Å². The minimum absolute atomic E-state index is 0.00145. The molecule has 32 heavy (non-hydrogen) atoms. The number of nitrogens with two attached hydrogens (primary N) is 1. The van der Waals surface area contributed by atoms with Gasteiger partial charge in [-0.3, -0.25) is 4.57 Å². The third-order valence-corrected chi connectivity index (χ3v) is 5.34. The number of fused-ring (bicyclic) bond motifs is 1. The molecule has 0 amide bonds. The van der Waals surface area contributed by atoms with Crippen LogP contribution in [0, 0.1) is 0 Å². The van der Waals surface area contributed by atoms with Gasteiger partial charge >= 0.3 is 0 Å². The van der Waals surface area contributed by atoms with Gasteiger partial charge in [0.25, 0.3) is 0 Å². The van der Waals surface area contributed by atoms with Gasteiger partial charge in [0, 0.05) is 18.1 Å². The van der Waals surface area contributed by atoms with Gasteiger partial charge in [-0.25, -0.2) is 15.0 Å². The zero-order valence-electron chi connectivity index (χ0n) is 18.4. The fourth-order valence-electron chi connectivity index (χ4n) is 3.77. The fourth-order valence-corrected chi connectivity index (χ4v) is 3.77. The predicted octanol–water partition coefficient (Wildman–Crippen LogP) is 5.32. The zero-order chi connectivity index (χ0) is 22.5. The van der Waals surface area contributed by atoms with Crippen molar-refractivity contribution in [3.8, 4) is 17.1 Å². The maximum atomic E-state index is 9.39. The first-order valence-electron chi connectivity index (χ1n) is 10.9. The highest BCUT2D eigenvalue weighted by Crippen LogP contribution is 2.32. The second kappa shape index (κ2) is 9.58. The quantitative estimate of drug-likeness (QED) is 0.462. The van der Waals surface area contributed by atoms with E-state index in [0.29, 0.717) is 11.6 Å². The van der Waals surface area contributed by atoms with E-state index in [1.54, 1.807) is 6.20 Å². The van der Waals surface area contributed by atoms with Gasteiger partial charge in [-0.05, 0) is 59.9 Å². The Morgan fingerprint density at radius 1 is 1.09 bits per heavy atom. The number of pyridine rings is 2. The van der Waals surface area contributed by atoms with Gasteiger partial charge < -0.3 is 10.8 Å². The molecule has 1 aliphatic rings. The Kier molecular flexibility index (Phi) is 6.42. The number of nitrogens with zero attached hydrogens (tertiary/aromatic N) is 4. The highest BCUT2D eigenvalue weighted by Gasteiger charge is 2.18. The van der Waals surface area contributed by atoms with Crippen LogP contribution in [0.1, 0.15) is 37.8 Å². The van der Waals surface area contributed by atoms with Crippen LogP contribution in [0.15, 0.2) is 73.1 Å². The van der Waals surface area contributed by atoms with Gasteiger partial charge in [0.05, 0.1) is 12.2 Å². The molecule has 1 aliphatic carbocycles. The van der Waals surface area contributed by atoms with Crippen molar-refractivity contribution in [2.45, 2.75) is 33.3 Å². The molecular formula is C26H27N5O. The van der Waals surface area contributed by atoms with Gasteiger partial charge in [0.2, 0.25) is 0 Å². The number of rotatable bonds is 4. The molecule has 6 nitrogen and oxygen atoms in total. The lowest BCUT2D eigenvalue weighted by molar-refractivity contribution is 0.282. The minimum atomic E-state index is -0.00145. The fraction of sp³-hybridized carbons (Fsp3) is 0.192. The molecule has 0 saturated heterocycles. The van der Waals surface area contributed by atoms with Gasteiger partial charge in [-0.2, -0.15) is 0 Å². The molecule has 6 heteroatoms. The third kappa shape index (κ3) is 4.05. The van der Waals surface area contributed by atoms with Crippen LogP contribution < -0.4 is 5.73 Å². The molecule has 3 aromatic heterocycles. The van der Waals surface area contributed by atoms with Crippen molar-refractivity contribution in [1.82, 2.24) is 19.5 Å². The van der Waals surface area contributed by atoms with Gasteiger partial charge in [0.15, 0.2) is 11.5 Å². The van der Waals surface area contributed by atoms with E-state index < -0.39 is 0 Å². The Morgan fingerprint density at radius 2 is 1.91 bits per heavy atom. The summed E-state index contributed by atoms with van der Waals surface area (Å²) in [6.45, 7) is 4.00. The van der Waals surface area contributed by atoms with Crippen molar-refractivity contribution in [1.29, 1.82) is 0 Å². The number of aromatic nitrogens is 4. The maximum Gasteiger partial charge on any atom is 0.164 e. The first-order chi connectivity index (χ1) is 15.7. The Balaban J connectivity index is 0.00000119. The summed E-state index contributed by atoms with van der Waals surface area (Å²) in [6.07, 6.45) is 12.0. The van der Waals surface area contributed by atoms with Crippen LogP contribution in [0.3, 0.4) is 0 Å². The molecule has 1 aromatic carbocycles. The normalized spacial score (nSPS) is 12.9. The number of hydrogen-bond donors (Lipinski definition) is 2. The number of benzene rings is 1. The number of allylic oxidation sites excluding steroid dienone is 4. The number of aliphatic hydroxyl groups is 1. The largest absolute Gasteiger partial charge is 0.392 e. The number of hydrogen-bond acceptors (Lipinski definition) is 5. The third-order valence-electron chi connectivity index (χ3n) is 5.34. The van der Waals surface area contributed by atoms with E-state index >= 15 is 0 Å². The Hall–Kier alpha value is -3.77. The molecule has 0 bridgehead atoms. The summed E-state index contributed by atoms with van der Waals surface area (Å²) in [5, 5.41) is 9.39. The number of imidazole rings is 1. The summed E-state index contributed by atoms with van der Waals surface area (Å²) in [5.74, 6) is 1.11. The smallest absolute Gasteiger partial charge is 0.164 e. The summed E-state index contributed by atoms with van der Waals surface area (Å²) < 4.78 is 1.99. The zero-order valence-corrected chi connectivity index (χ0v) is 18.4. The van der Waals surface area contributed by atoms with Crippen LogP contribution in [-0.2, 0) is 6.61 Å². The summed E-state index contributed by atoms with van der Waals surface area (Å²) in [5.41, 5.74) is 12.6. The molecule has 0 spiro atoms. The predicted molar refractivity (Wildman–Crippen MR) is 130 cm³/mol. The molecular weight excluding hydrogens is 398 g/mol. The van der Waals surface area contributed by atoms with Crippen molar-refractivity contribution in [3.05, 3.63) is 84.2 Å². The molecule has 0 atom stereocenters. The lowest BCUT2D eigenvalue weighted by atomic mass is 9.99. The molecule has 0 aliphatic heterocycles. The molecule has 5 rings (SSSR count). The maximum absolute atomic E-state index is 9.39. The summed E-state index contributed by atoms with van der Waals surface area (Å²) >= 11 is 0. The van der Waals surface area contributed by atoms with E-state index in [1.807, 2.05) is 61.0 Å². The monoisotopic (exact) mass is 425 g/mol. The number of anilines is 1. The second-order valence-corrected chi connectivity index (χ2v) is 7.26. The molecule has 4 aromatic rings. The van der Waals surface area contributed by atoms with Gasteiger partial charge in [-0.15, -0.1) is 0 Å². The highest BCUT2D eigenvalue weighted by atomic mass is 16.3. The van der Waals surface area contributed by atoms with E-state index in [2.05, 4.69) is 29.3 Å². The lowest BCUT2D eigenvalue weighted by Gasteiger charge is -2.11. The van der Waals surface area contributed by atoms with Crippen molar-refractivity contribution in [2.75, 3.05) is 5.73 Å². The summed E-state index contributed by atoms with van der Waals surface area (Å²) in [7, 11) is 0. The number of nitrogen functional groups attached to an aromatic ring is 1. The van der Waals surface area contributed by atoms with Crippen LogP contribution in [-0.4, -0.2) is 24.6 Å². The molecule has 162 valence electrons. The molecule has 3 heterocycles. The van der Waals surface area contributed by atoms with Crippen LogP contribution in [0.4, 0.5) is 5.82 Å². The molecule has 3 N–H and O–H groups in total. The molecule has 0 unspecified atom stereocenters. The van der Waals surface area contributed by atoms with Crippen molar-refractivity contribution < 1.29 is 5.11 Å². The minimum Gasteiger partial charge on any atom is -0.392 e.